The zero-order valence-electron chi connectivity index (χ0n) is 11.8. The standard InChI is InChI=1S/C15H20ClNO2S/c1-11(20-2)14(18)17-9-7-15(19,8-10-17)12-5-3-4-6-13(12)16/h3-6,11,19H,7-10H2,1-2H3/t11-/m0/s1. The first kappa shape index (κ1) is 15.7. The van der Waals surface area contributed by atoms with Gasteiger partial charge in [-0.15, -0.1) is 0 Å². The lowest BCUT2D eigenvalue weighted by atomic mass is 9.84. The highest BCUT2D eigenvalue weighted by molar-refractivity contribution is 7.99. The minimum Gasteiger partial charge on any atom is -0.385 e. The van der Waals surface area contributed by atoms with Crippen LogP contribution in [0, 0.1) is 0 Å². The number of carbonyl (C=O) groups is 1. The molecule has 5 heteroatoms. The number of halogens is 1. The Hall–Kier alpha value is -0.710. The molecule has 3 nitrogen and oxygen atoms in total. The molecule has 0 saturated carbocycles. The van der Waals surface area contributed by atoms with Gasteiger partial charge in [-0.2, -0.15) is 11.8 Å². The van der Waals surface area contributed by atoms with E-state index in [0.29, 0.717) is 31.0 Å². The third kappa shape index (κ3) is 3.13. The molecule has 1 atom stereocenters. The van der Waals surface area contributed by atoms with Gasteiger partial charge in [-0.1, -0.05) is 29.8 Å². The summed E-state index contributed by atoms with van der Waals surface area (Å²) < 4.78 is 0. The van der Waals surface area contributed by atoms with E-state index in [0.717, 1.165) is 5.56 Å². The molecule has 0 unspecified atom stereocenters. The number of amides is 1. The molecule has 2 rings (SSSR count). The summed E-state index contributed by atoms with van der Waals surface area (Å²) in [6, 6.07) is 7.40. The summed E-state index contributed by atoms with van der Waals surface area (Å²) in [4.78, 5) is 14.0. The average Bonchev–Trinajstić information content (AvgIpc) is 2.47. The van der Waals surface area contributed by atoms with E-state index in [4.69, 9.17) is 11.6 Å². The van der Waals surface area contributed by atoms with Gasteiger partial charge < -0.3 is 10.0 Å². The van der Waals surface area contributed by atoms with Crippen molar-refractivity contribution in [1.82, 2.24) is 4.90 Å². The number of piperidine rings is 1. The van der Waals surface area contributed by atoms with Gasteiger partial charge in [0.1, 0.15) is 0 Å². The summed E-state index contributed by atoms with van der Waals surface area (Å²) in [7, 11) is 0. The van der Waals surface area contributed by atoms with Crippen LogP contribution in [0.5, 0.6) is 0 Å². The number of aliphatic hydroxyl groups is 1. The minimum absolute atomic E-state index is 0.0264. The van der Waals surface area contributed by atoms with E-state index in [1.807, 2.05) is 36.3 Å². The zero-order valence-corrected chi connectivity index (χ0v) is 13.4. The molecule has 1 aromatic rings. The molecular formula is C15H20ClNO2S. The highest BCUT2D eigenvalue weighted by Crippen LogP contribution is 2.36. The maximum atomic E-state index is 12.1. The fourth-order valence-electron chi connectivity index (χ4n) is 2.56. The van der Waals surface area contributed by atoms with Gasteiger partial charge in [-0.25, -0.2) is 0 Å². The number of thioether (sulfide) groups is 1. The van der Waals surface area contributed by atoms with Crippen molar-refractivity contribution in [3.63, 3.8) is 0 Å². The molecule has 1 amide bonds. The summed E-state index contributed by atoms with van der Waals surface area (Å²) in [5.41, 5.74) is -0.149. The average molecular weight is 314 g/mol. The van der Waals surface area contributed by atoms with Gasteiger partial charge in [0.2, 0.25) is 5.91 Å². The molecule has 0 bridgehead atoms. The van der Waals surface area contributed by atoms with Crippen LogP contribution in [0.2, 0.25) is 5.02 Å². The Labute approximate surface area is 129 Å². The summed E-state index contributed by atoms with van der Waals surface area (Å²) in [6.45, 7) is 3.07. The molecule has 20 heavy (non-hydrogen) atoms. The Morgan fingerprint density at radius 3 is 2.55 bits per heavy atom. The van der Waals surface area contributed by atoms with Gasteiger partial charge in [0, 0.05) is 23.7 Å². The molecule has 1 aliphatic rings. The number of nitrogens with zero attached hydrogens (tertiary/aromatic N) is 1. The van der Waals surface area contributed by atoms with Crippen LogP contribution < -0.4 is 0 Å². The van der Waals surface area contributed by atoms with Gasteiger partial charge in [-0.05, 0) is 32.1 Å². The third-order valence-electron chi connectivity index (χ3n) is 3.98. The smallest absolute Gasteiger partial charge is 0.235 e. The predicted molar refractivity (Wildman–Crippen MR) is 84.1 cm³/mol. The Kier molecular flexibility index (Phi) is 4.99. The lowest BCUT2D eigenvalue weighted by Gasteiger charge is -2.39. The number of hydrogen-bond acceptors (Lipinski definition) is 3. The third-order valence-corrected chi connectivity index (χ3v) is 5.22. The molecule has 0 spiro atoms. The van der Waals surface area contributed by atoms with E-state index >= 15 is 0 Å². The molecule has 0 aliphatic carbocycles. The number of carbonyl (C=O) groups excluding carboxylic acids is 1. The Balaban J connectivity index is 2.07. The Morgan fingerprint density at radius 1 is 1.40 bits per heavy atom. The summed E-state index contributed by atoms with van der Waals surface area (Å²) >= 11 is 7.73. The van der Waals surface area contributed by atoms with Crippen LogP contribution in [0.4, 0.5) is 0 Å². The van der Waals surface area contributed by atoms with Crippen molar-refractivity contribution in [2.24, 2.45) is 0 Å². The largest absolute Gasteiger partial charge is 0.385 e. The number of hydrogen-bond donors (Lipinski definition) is 1. The van der Waals surface area contributed by atoms with Crippen molar-refractivity contribution >= 4 is 29.3 Å². The minimum atomic E-state index is -0.919. The first-order valence-electron chi connectivity index (χ1n) is 6.77. The first-order chi connectivity index (χ1) is 9.48. The molecule has 1 N–H and O–H groups in total. The second kappa shape index (κ2) is 6.37. The molecule has 0 radical (unpaired) electrons. The van der Waals surface area contributed by atoms with Crippen molar-refractivity contribution in [2.45, 2.75) is 30.6 Å². The Bertz CT molecular complexity index is 487. The van der Waals surface area contributed by atoms with Crippen molar-refractivity contribution in [3.05, 3.63) is 34.9 Å². The lowest BCUT2D eigenvalue weighted by molar-refractivity contribution is -0.134. The SMILES string of the molecule is CS[C@@H](C)C(=O)N1CCC(O)(c2ccccc2Cl)CC1. The van der Waals surface area contributed by atoms with Crippen molar-refractivity contribution in [1.29, 1.82) is 0 Å². The molecule has 1 aliphatic heterocycles. The maximum absolute atomic E-state index is 12.1. The van der Waals surface area contributed by atoms with Crippen LogP contribution in [-0.4, -0.2) is 40.5 Å². The lowest BCUT2D eigenvalue weighted by Crippen LogP contribution is -2.47. The quantitative estimate of drug-likeness (QED) is 0.933. The van der Waals surface area contributed by atoms with Gasteiger partial charge >= 0.3 is 0 Å². The van der Waals surface area contributed by atoms with E-state index < -0.39 is 5.60 Å². The second-order valence-corrected chi connectivity index (χ2v) is 6.80. The molecule has 1 fully saturated rings. The van der Waals surface area contributed by atoms with E-state index in [1.165, 1.54) is 0 Å². The van der Waals surface area contributed by atoms with Crippen molar-refractivity contribution in [2.75, 3.05) is 19.3 Å². The fourth-order valence-corrected chi connectivity index (χ4v) is 3.23. The topological polar surface area (TPSA) is 40.5 Å². The van der Waals surface area contributed by atoms with Gasteiger partial charge in [-0.3, -0.25) is 4.79 Å². The van der Waals surface area contributed by atoms with E-state index in [1.54, 1.807) is 17.8 Å². The molecule has 1 aromatic carbocycles. The van der Waals surface area contributed by atoms with E-state index in [2.05, 4.69) is 0 Å². The fraction of sp³-hybridized carbons (Fsp3) is 0.533. The van der Waals surface area contributed by atoms with Gasteiger partial charge in [0.15, 0.2) is 0 Å². The summed E-state index contributed by atoms with van der Waals surface area (Å²) in [5.74, 6) is 0.152. The van der Waals surface area contributed by atoms with Gasteiger partial charge in [0.25, 0.3) is 0 Å². The number of likely N-dealkylation sites (tertiary alicyclic amines) is 1. The molecule has 110 valence electrons. The van der Waals surface area contributed by atoms with Crippen LogP contribution in [0.25, 0.3) is 0 Å². The Morgan fingerprint density at radius 2 is 2.00 bits per heavy atom. The molecule has 1 heterocycles. The van der Waals surface area contributed by atoms with Crippen LogP contribution in [0.15, 0.2) is 24.3 Å². The van der Waals surface area contributed by atoms with Crippen LogP contribution in [-0.2, 0) is 10.4 Å². The van der Waals surface area contributed by atoms with Crippen molar-refractivity contribution < 1.29 is 9.90 Å². The zero-order chi connectivity index (χ0) is 14.8. The monoisotopic (exact) mass is 313 g/mol. The number of rotatable bonds is 3. The summed E-state index contributed by atoms with van der Waals surface area (Å²) in [6.07, 6.45) is 3.00. The van der Waals surface area contributed by atoms with Gasteiger partial charge in [0.05, 0.1) is 10.9 Å². The highest BCUT2D eigenvalue weighted by atomic mass is 35.5. The normalized spacial score (nSPS) is 19.7. The van der Waals surface area contributed by atoms with Crippen LogP contribution in [0.1, 0.15) is 25.3 Å². The van der Waals surface area contributed by atoms with E-state index in [9.17, 15) is 9.90 Å². The van der Waals surface area contributed by atoms with Crippen LogP contribution in [0.3, 0.4) is 0 Å². The second-order valence-electron chi connectivity index (χ2n) is 5.21. The first-order valence-corrected chi connectivity index (χ1v) is 8.43. The maximum Gasteiger partial charge on any atom is 0.235 e. The highest BCUT2D eigenvalue weighted by Gasteiger charge is 2.37. The molecule has 1 saturated heterocycles. The van der Waals surface area contributed by atoms with E-state index in [-0.39, 0.29) is 11.2 Å². The molecule has 0 aromatic heterocycles. The molecular weight excluding hydrogens is 294 g/mol. The number of benzene rings is 1. The van der Waals surface area contributed by atoms with Crippen molar-refractivity contribution in [3.8, 4) is 0 Å². The van der Waals surface area contributed by atoms with Crippen LogP contribution >= 0.6 is 23.4 Å². The summed E-state index contributed by atoms with van der Waals surface area (Å²) in [5, 5.41) is 11.4. The predicted octanol–water partition coefficient (Wildman–Crippen LogP) is 2.90.